The van der Waals surface area contributed by atoms with Crippen LogP contribution in [-0.4, -0.2) is 15.0 Å². The number of aryl methyl sites for hydroxylation is 3. The Morgan fingerprint density at radius 1 is 0.455 bits per heavy atom. The number of hydrogen-bond donors (Lipinski definition) is 0. The first kappa shape index (κ1) is 28.9. The van der Waals surface area contributed by atoms with Gasteiger partial charge in [-0.15, -0.1) is 0 Å². The van der Waals surface area contributed by atoms with E-state index >= 15 is 0 Å². The SMILES string of the molecule is CC[n+]1ccc(-c2nc(-c3cc[n+](CC)cc3)nc(-c3cc[n+](CC)cc3)n2)cc1.[Br-].[Br-].[Br-]. The molecule has 0 N–H and O–H groups in total. The Kier molecular flexibility index (Phi) is 11.9. The molecule has 0 aromatic carbocycles. The molecule has 0 aliphatic carbocycles. The van der Waals surface area contributed by atoms with Gasteiger partial charge in [-0.2, -0.15) is 0 Å². The quantitative estimate of drug-likeness (QED) is 0.198. The first-order chi connectivity index (χ1) is 14.7. The van der Waals surface area contributed by atoms with Crippen molar-refractivity contribution in [2.45, 2.75) is 40.4 Å². The second kappa shape index (κ2) is 13.6. The van der Waals surface area contributed by atoms with Crippen LogP contribution in [0, 0.1) is 0 Å². The number of aromatic nitrogens is 6. The summed E-state index contributed by atoms with van der Waals surface area (Å²) in [6.45, 7) is 9.14. The van der Waals surface area contributed by atoms with E-state index in [4.69, 9.17) is 15.0 Å². The van der Waals surface area contributed by atoms with Gasteiger partial charge in [0.2, 0.25) is 0 Å². The molecule has 0 saturated heterocycles. The van der Waals surface area contributed by atoms with Crippen LogP contribution in [0.4, 0.5) is 0 Å². The fourth-order valence-electron chi connectivity index (χ4n) is 3.21. The summed E-state index contributed by atoms with van der Waals surface area (Å²) in [5.74, 6) is 2.04. The average Bonchev–Trinajstić information content (AvgIpc) is 2.84. The smallest absolute Gasteiger partial charge is 0.169 e. The molecule has 4 rings (SSSR count). The number of hydrogen-bond acceptors (Lipinski definition) is 3. The van der Waals surface area contributed by atoms with Gasteiger partial charge >= 0.3 is 0 Å². The molecule has 0 radical (unpaired) electrons. The van der Waals surface area contributed by atoms with Gasteiger partial charge < -0.3 is 50.9 Å². The third-order valence-electron chi connectivity index (χ3n) is 5.18. The molecule has 0 spiro atoms. The number of rotatable bonds is 6. The lowest BCUT2D eigenvalue weighted by atomic mass is 10.2. The summed E-state index contributed by atoms with van der Waals surface area (Å²) in [5.41, 5.74) is 2.93. The van der Waals surface area contributed by atoms with E-state index < -0.39 is 0 Å². The van der Waals surface area contributed by atoms with Crippen molar-refractivity contribution in [3.8, 4) is 34.2 Å². The van der Waals surface area contributed by atoms with Gasteiger partial charge in [-0.3, -0.25) is 0 Å². The molecule has 174 valence electrons. The zero-order valence-electron chi connectivity index (χ0n) is 18.9. The molecular formula is C24H27Br3N6. The molecule has 0 unspecified atom stereocenters. The fourth-order valence-corrected chi connectivity index (χ4v) is 3.21. The van der Waals surface area contributed by atoms with Crippen molar-refractivity contribution < 1.29 is 64.6 Å². The van der Waals surface area contributed by atoms with Crippen LogP contribution < -0.4 is 64.6 Å². The van der Waals surface area contributed by atoms with Crippen LogP contribution in [0.2, 0.25) is 0 Å². The highest BCUT2D eigenvalue weighted by atomic mass is 79.9. The van der Waals surface area contributed by atoms with Gasteiger partial charge in [0, 0.05) is 53.1 Å². The largest absolute Gasteiger partial charge is 1.00 e. The van der Waals surface area contributed by atoms with Crippen molar-refractivity contribution in [1.29, 1.82) is 0 Å². The normalized spacial score (nSPS) is 9.91. The van der Waals surface area contributed by atoms with Crippen LogP contribution in [0.15, 0.2) is 73.6 Å². The number of pyridine rings is 3. The molecular weight excluding hydrogens is 612 g/mol. The van der Waals surface area contributed by atoms with Crippen LogP contribution >= 0.6 is 0 Å². The standard InChI is InChI=1S/C24H27N6.3BrH/c1-4-28-13-7-19(8-14-28)22-25-23(20-9-15-29(5-2)16-10-20)27-24(26-22)21-11-17-30(6-3)18-12-21;;;/h7-18H,4-6H2,1-3H3;3*1H/q+3;;;/p-3. The van der Waals surface area contributed by atoms with Crippen LogP contribution in [0.5, 0.6) is 0 Å². The van der Waals surface area contributed by atoms with Crippen molar-refractivity contribution in [2.24, 2.45) is 0 Å². The van der Waals surface area contributed by atoms with Gasteiger partial charge in [0.25, 0.3) is 0 Å². The van der Waals surface area contributed by atoms with E-state index in [0.717, 1.165) is 36.3 Å². The highest BCUT2D eigenvalue weighted by Gasteiger charge is 2.14. The van der Waals surface area contributed by atoms with Crippen molar-refractivity contribution in [1.82, 2.24) is 15.0 Å². The van der Waals surface area contributed by atoms with Gasteiger partial charge in [0.05, 0.1) is 0 Å². The van der Waals surface area contributed by atoms with Gasteiger partial charge in [0.1, 0.15) is 19.6 Å². The molecule has 0 aliphatic heterocycles. The molecule has 0 bridgehead atoms. The third-order valence-corrected chi connectivity index (χ3v) is 5.18. The minimum absolute atomic E-state index is 0. The summed E-state index contributed by atoms with van der Waals surface area (Å²) in [6.07, 6.45) is 12.3. The monoisotopic (exact) mass is 636 g/mol. The molecule has 0 aliphatic rings. The molecule has 0 fully saturated rings. The number of halogens is 3. The van der Waals surface area contributed by atoms with Crippen molar-refractivity contribution >= 4 is 0 Å². The maximum atomic E-state index is 4.80. The minimum atomic E-state index is 0. The van der Waals surface area contributed by atoms with Crippen LogP contribution in [0.25, 0.3) is 34.2 Å². The summed E-state index contributed by atoms with van der Waals surface area (Å²) < 4.78 is 6.36. The highest BCUT2D eigenvalue weighted by Crippen LogP contribution is 2.23. The Bertz CT molecular complexity index is 976. The third kappa shape index (κ3) is 6.94. The molecule has 4 aromatic rings. The lowest BCUT2D eigenvalue weighted by Crippen LogP contribution is -3.00. The van der Waals surface area contributed by atoms with E-state index in [0.29, 0.717) is 17.5 Å². The van der Waals surface area contributed by atoms with Gasteiger partial charge in [-0.05, 0) is 20.8 Å². The van der Waals surface area contributed by atoms with E-state index in [-0.39, 0.29) is 50.9 Å². The lowest BCUT2D eigenvalue weighted by molar-refractivity contribution is -0.693. The Balaban J connectivity index is 0.00000181. The average molecular weight is 639 g/mol. The summed E-state index contributed by atoms with van der Waals surface area (Å²) in [5, 5.41) is 0. The van der Waals surface area contributed by atoms with Gasteiger partial charge in [-0.1, -0.05) is 0 Å². The van der Waals surface area contributed by atoms with Gasteiger partial charge in [-0.25, -0.2) is 28.7 Å². The van der Waals surface area contributed by atoms with E-state index in [9.17, 15) is 0 Å². The van der Waals surface area contributed by atoms with Crippen molar-refractivity contribution in [3.05, 3.63) is 73.6 Å². The van der Waals surface area contributed by atoms with Crippen molar-refractivity contribution in [2.75, 3.05) is 0 Å². The predicted molar refractivity (Wildman–Crippen MR) is 114 cm³/mol. The molecule has 33 heavy (non-hydrogen) atoms. The lowest BCUT2D eigenvalue weighted by Gasteiger charge is -2.07. The summed E-state index contributed by atoms with van der Waals surface area (Å²) in [4.78, 5) is 14.4. The van der Waals surface area contributed by atoms with E-state index in [1.807, 2.05) is 0 Å². The van der Waals surface area contributed by atoms with Crippen LogP contribution in [0.3, 0.4) is 0 Å². The molecule has 9 heteroatoms. The maximum Gasteiger partial charge on any atom is 0.169 e. The topological polar surface area (TPSA) is 50.3 Å². The second-order valence-corrected chi connectivity index (χ2v) is 7.06. The summed E-state index contributed by atoms with van der Waals surface area (Å²) in [6, 6.07) is 12.3. The van der Waals surface area contributed by atoms with E-state index in [2.05, 4.69) is 108 Å². The number of nitrogens with zero attached hydrogens (tertiary/aromatic N) is 6. The molecule has 0 saturated carbocycles. The Labute approximate surface area is 226 Å². The molecule has 0 atom stereocenters. The maximum absolute atomic E-state index is 4.80. The fraction of sp³-hybridized carbons (Fsp3) is 0.250. The van der Waals surface area contributed by atoms with E-state index in [1.54, 1.807) is 0 Å². The van der Waals surface area contributed by atoms with E-state index in [1.165, 1.54) is 0 Å². The highest BCUT2D eigenvalue weighted by molar-refractivity contribution is 5.65. The zero-order valence-corrected chi connectivity index (χ0v) is 23.6. The molecule has 6 nitrogen and oxygen atoms in total. The molecule has 0 amide bonds. The van der Waals surface area contributed by atoms with Crippen LogP contribution in [-0.2, 0) is 19.6 Å². The Hall–Kier alpha value is -2.10. The second-order valence-electron chi connectivity index (χ2n) is 7.06. The molecule has 4 heterocycles. The Morgan fingerprint density at radius 3 is 0.848 bits per heavy atom. The Morgan fingerprint density at radius 2 is 0.667 bits per heavy atom. The summed E-state index contributed by atoms with van der Waals surface area (Å²) >= 11 is 0. The minimum Gasteiger partial charge on any atom is -1.00 e. The molecule has 4 aromatic heterocycles. The van der Waals surface area contributed by atoms with Crippen LogP contribution in [0.1, 0.15) is 20.8 Å². The predicted octanol–water partition coefficient (Wildman–Crippen LogP) is -6.19. The van der Waals surface area contributed by atoms with Crippen molar-refractivity contribution in [3.63, 3.8) is 0 Å². The van der Waals surface area contributed by atoms with Gasteiger partial charge in [0.15, 0.2) is 54.7 Å². The summed E-state index contributed by atoms with van der Waals surface area (Å²) in [7, 11) is 0. The first-order valence-corrected chi connectivity index (χ1v) is 10.4. The first-order valence-electron chi connectivity index (χ1n) is 10.4. The zero-order chi connectivity index (χ0) is 20.9.